The van der Waals surface area contributed by atoms with Crippen molar-refractivity contribution in [3.8, 4) is 0 Å². The first kappa shape index (κ1) is 9.93. The number of unbranched alkanes of at least 4 members (excludes halogenated alkanes) is 1. The van der Waals surface area contributed by atoms with Gasteiger partial charge in [0.2, 0.25) is 0 Å². The highest BCUT2D eigenvalue weighted by Crippen LogP contribution is 2.26. The molecule has 0 aromatic rings. The third-order valence-electron chi connectivity index (χ3n) is 2.25. The van der Waals surface area contributed by atoms with Crippen LogP contribution in [0.1, 0.15) is 52.9 Å². The summed E-state index contributed by atoms with van der Waals surface area (Å²) in [7, 11) is 0. The van der Waals surface area contributed by atoms with E-state index in [1.165, 1.54) is 0 Å². The van der Waals surface area contributed by atoms with Crippen LogP contribution >= 0.6 is 0 Å². The van der Waals surface area contributed by atoms with E-state index in [4.69, 9.17) is 0 Å². The Hall–Kier alpha value is -0.0700. The minimum Gasteiger partial charge on any atom is -0.244 e. The van der Waals surface area contributed by atoms with E-state index in [2.05, 4.69) is 6.92 Å². The van der Waals surface area contributed by atoms with Crippen LogP contribution in [0, 0.1) is 0 Å². The Kier molecular flexibility index (Phi) is 4.67. The van der Waals surface area contributed by atoms with Crippen molar-refractivity contribution in [1.29, 1.82) is 0 Å². The van der Waals surface area contributed by atoms with Gasteiger partial charge in [0.25, 0.3) is 0 Å². The maximum atomic E-state index is 13.4. The number of alkyl halides is 1. The molecule has 62 valence electrons. The molecule has 0 bridgehead atoms. The largest absolute Gasteiger partial charge is 0.244 e. The third kappa shape index (κ3) is 3.19. The molecule has 0 spiro atoms. The summed E-state index contributed by atoms with van der Waals surface area (Å²) in [6.07, 6.45) is 4.22. The van der Waals surface area contributed by atoms with Crippen LogP contribution in [0.2, 0.25) is 0 Å². The van der Waals surface area contributed by atoms with Gasteiger partial charge in [-0.25, -0.2) is 4.39 Å². The number of hydrogen-bond acceptors (Lipinski definition) is 0. The molecule has 0 aromatic carbocycles. The lowest BCUT2D eigenvalue weighted by atomic mass is 9.93. The molecule has 0 nitrogen and oxygen atoms in total. The van der Waals surface area contributed by atoms with Crippen LogP contribution in [0.4, 0.5) is 4.39 Å². The van der Waals surface area contributed by atoms with E-state index in [9.17, 15) is 4.39 Å². The van der Waals surface area contributed by atoms with Gasteiger partial charge in [-0.2, -0.15) is 0 Å². The molecule has 0 saturated heterocycles. The van der Waals surface area contributed by atoms with Gasteiger partial charge in [0, 0.05) is 0 Å². The molecule has 0 N–H and O–H groups in total. The smallest absolute Gasteiger partial charge is 0.110 e. The predicted molar refractivity (Wildman–Crippen MR) is 43.9 cm³/mol. The van der Waals surface area contributed by atoms with E-state index in [1.807, 2.05) is 13.8 Å². The monoisotopic (exact) mass is 146 g/mol. The van der Waals surface area contributed by atoms with Crippen LogP contribution in [-0.2, 0) is 0 Å². The lowest BCUT2D eigenvalue weighted by Crippen LogP contribution is -2.19. The highest BCUT2D eigenvalue weighted by molar-refractivity contribution is 4.74. The lowest BCUT2D eigenvalue weighted by molar-refractivity contribution is 0.134. The first-order valence-electron chi connectivity index (χ1n) is 4.37. The van der Waals surface area contributed by atoms with Gasteiger partial charge < -0.3 is 0 Å². The maximum absolute atomic E-state index is 13.4. The van der Waals surface area contributed by atoms with E-state index < -0.39 is 5.67 Å². The fraction of sp³-hybridized carbons (Fsp3) is 1.00. The zero-order valence-electron chi connectivity index (χ0n) is 7.41. The van der Waals surface area contributed by atoms with Crippen molar-refractivity contribution < 1.29 is 4.39 Å². The van der Waals surface area contributed by atoms with Gasteiger partial charge >= 0.3 is 0 Å². The first-order valence-corrected chi connectivity index (χ1v) is 4.37. The van der Waals surface area contributed by atoms with E-state index in [0.29, 0.717) is 12.8 Å². The highest BCUT2D eigenvalue weighted by atomic mass is 19.1. The summed E-state index contributed by atoms with van der Waals surface area (Å²) in [6, 6.07) is 0. The van der Waals surface area contributed by atoms with Crippen LogP contribution < -0.4 is 0 Å². The molecule has 0 amide bonds. The van der Waals surface area contributed by atoms with Crippen molar-refractivity contribution in [3.05, 3.63) is 0 Å². The van der Waals surface area contributed by atoms with E-state index in [1.54, 1.807) is 0 Å². The Morgan fingerprint density at radius 3 is 1.90 bits per heavy atom. The third-order valence-corrected chi connectivity index (χ3v) is 2.25. The van der Waals surface area contributed by atoms with Crippen LogP contribution in [0.3, 0.4) is 0 Å². The molecule has 0 aromatic heterocycles. The molecule has 0 aliphatic carbocycles. The standard InChI is InChI=1S/C9H19F/c1-4-7-8-9(10,5-2)6-3/h4-8H2,1-3H3. The van der Waals surface area contributed by atoms with Crippen molar-refractivity contribution in [2.24, 2.45) is 0 Å². The Morgan fingerprint density at radius 1 is 1.10 bits per heavy atom. The van der Waals surface area contributed by atoms with Crippen molar-refractivity contribution in [2.45, 2.75) is 58.5 Å². The second kappa shape index (κ2) is 4.70. The van der Waals surface area contributed by atoms with E-state index >= 15 is 0 Å². The average Bonchev–Trinajstić information content (AvgIpc) is 2.00. The van der Waals surface area contributed by atoms with Crippen molar-refractivity contribution >= 4 is 0 Å². The molecule has 0 radical (unpaired) electrons. The zero-order valence-corrected chi connectivity index (χ0v) is 7.41. The molecular formula is C9H19F. The molecule has 0 fully saturated rings. The summed E-state index contributed by atoms with van der Waals surface area (Å²) in [5.41, 5.74) is -0.865. The van der Waals surface area contributed by atoms with Crippen molar-refractivity contribution in [2.75, 3.05) is 0 Å². The van der Waals surface area contributed by atoms with Crippen molar-refractivity contribution in [1.82, 2.24) is 0 Å². The first-order chi connectivity index (χ1) is 4.68. The number of hydrogen-bond donors (Lipinski definition) is 0. The summed E-state index contributed by atoms with van der Waals surface area (Å²) in [5, 5.41) is 0. The minimum absolute atomic E-state index is 0.670. The Labute approximate surface area is 63.8 Å². The Bertz CT molecular complexity index is 74.8. The van der Waals surface area contributed by atoms with Crippen LogP contribution in [0.5, 0.6) is 0 Å². The lowest BCUT2D eigenvalue weighted by Gasteiger charge is -2.21. The summed E-state index contributed by atoms with van der Waals surface area (Å²) in [4.78, 5) is 0. The van der Waals surface area contributed by atoms with E-state index in [-0.39, 0.29) is 0 Å². The Balaban J connectivity index is 3.58. The minimum atomic E-state index is -0.865. The predicted octanol–water partition coefficient (Wildman–Crippen LogP) is 3.70. The van der Waals surface area contributed by atoms with Gasteiger partial charge in [0.05, 0.1) is 0 Å². The van der Waals surface area contributed by atoms with Crippen LogP contribution in [0.15, 0.2) is 0 Å². The molecule has 10 heavy (non-hydrogen) atoms. The summed E-state index contributed by atoms with van der Waals surface area (Å²) in [6.45, 7) is 5.96. The van der Waals surface area contributed by atoms with E-state index in [0.717, 1.165) is 19.3 Å². The van der Waals surface area contributed by atoms with Crippen LogP contribution in [0.25, 0.3) is 0 Å². The average molecular weight is 146 g/mol. The summed E-state index contributed by atoms with van der Waals surface area (Å²) < 4.78 is 13.4. The molecule has 1 heteroatoms. The van der Waals surface area contributed by atoms with Gasteiger partial charge in [-0.15, -0.1) is 0 Å². The molecule has 0 aliphatic heterocycles. The quantitative estimate of drug-likeness (QED) is 0.554. The summed E-state index contributed by atoms with van der Waals surface area (Å²) >= 11 is 0. The molecule has 0 unspecified atom stereocenters. The molecule has 0 rings (SSSR count). The number of halogens is 1. The topological polar surface area (TPSA) is 0 Å². The van der Waals surface area contributed by atoms with Gasteiger partial charge in [-0.05, 0) is 19.3 Å². The molecule has 0 heterocycles. The van der Waals surface area contributed by atoms with Gasteiger partial charge in [0.1, 0.15) is 5.67 Å². The van der Waals surface area contributed by atoms with Gasteiger partial charge in [0.15, 0.2) is 0 Å². The fourth-order valence-electron chi connectivity index (χ4n) is 1.10. The zero-order chi connectivity index (χ0) is 8.04. The van der Waals surface area contributed by atoms with Crippen LogP contribution in [-0.4, -0.2) is 5.67 Å². The molecule has 0 aliphatic rings. The summed E-state index contributed by atoms with van der Waals surface area (Å²) in [5.74, 6) is 0. The second-order valence-electron chi connectivity index (χ2n) is 2.96. The SMILES string of the molecule is CCCCC(F)(CC)CC. The second-order valence-corrected chi connectivity index (χ2v) is 2.96. The Morgan fingerprint density at radius 2 is 1.60 bits per heavy atom. The maximum Gasteiger partial charge on any atom is 0.110 e. The van der Waals surface area contributed by atoms with Gasteiger partial charge in [-0.3, -0.25) is 0 Å². The fourth-order valence-corrected chi connectivity index (χ4v) is 1.10. The highest BCUT2D eigenvalue weighted by Gasteiger charge is 2.23. The number of rotatable bonds is 5. The molecule has 0 atom stereocenters. The molecular weight excluding hydrogens is 127 g/mol. The normalized spacial score (nSPS) is 12.0. The van der Waals surface area contributed by atoms with Gasteiger partial charge in [-0.1, -0.05) is 33.6 Å². The molecule has 0 saturated carbocycles. The van der Waals surface area contributed by atoms with Crippen molar-refractivity contribution in [3.63, 3.8) is 0 Å².